The smallest absolute Gasteiger partial charge is 0.264 e. The molecule has 0 aliphatic carbocycles. The van der Waals surface area contributed by atoms with Gasteiger partial charge in [-0.15, -0.1) is 0 Å². The number of amides is 2. The molecule has 0 radical (unpaired) electrons. The third-order valence-corrected chi connectivity index (χ3v) is 8.57. The summed E-state index contributed by atoms with van der Waals surface area (Å²) >= 11 is 12.7. The second kappa shape index (κ2) is 13.1. The van der Waals surface area contributed by atoms with Crippen molar-refractivity contribution in [1.82, 2.24) is 10.2 Å². The number of nitrogens with zero attached hydrogens (tertiary/aromatic N) is 2. The highest BCUT2D eigenvalue weighted by Gasteiger charge is 2.33. The van der Waals surface area contributed by atoms with E-state index >= 15 is 0 Å². The minimum absolute atomic E-state index is 0.0207. The molecule has 0 bridgehead atoms. The number of ether oxygens (including phenoxy) is 2. The molecule has 1 atom stereocenters. The fourth-order valence-electron chi connectivity index (χ4n) is 3.87. The fraction of sp³-hybridized carbons (Fsp3) is 0.259. The summed E-state index contributed by atoms with van der Waals surface area (Å²) < 4.78 is 39.3. The molecule has 0 aliphatic heterocycles. The molecule has 0 spiro atoms. The van der Waals surface area contributed by atoms with Crippen LogP contribution < -0.4 is 19.1 Å². The van der Waals surface area contributed by atoms with Crippen LogP contribution in [0.2, 0.25) is 10.0 Å². The van der Waals surface area contributed by atoms with Crippen molar-refractivity contribution in [3.63, 3.8) is 0 Å². The number of methoxy groups -OCH3 is 2. The lowest BCUT2D eigenvalue weighted by Gasteiger charge is -2.32. The molecule has 0 fully saturated rings. The highest BCUT2D eigenvalue weighted by atomic mass is 35.5. The van der Waals surface area contributed by atoms with Gasteiger partial charge in [-0.3, -0.25) is 13.9 Å². The van der Waals surface area contributed by atoms with Gasteiger partial charge in [-0.25, -0.2) is 8.42 Å². The van der Waals surface area contributed by atoms with Gasteiger partial charge < -0.3 is 19.7 Å². The normalized spacial score (nSPS) is 11.8. The van der Waals surface area contributed by atoms with Gasteiger partial charge >= 0.3 is 0 Å². The Kier molecular flexibility index (Phi) is 10.1. The SMILES string of the molecule is CNC(=O)[C@@H](C)N(Cc1c(Cl)cccc1Cl)C(=O)CN(c1ccc(OC)c(OC)c1)S(=O)(=O)c1ccccc1. The second-order valence-corrected chi connectivity index (χ2v) is 11.1. The summed E-state index contributed by atoms with van der Waals surface area (Å²) in [6.45, 7) is 0.779. The molecular formula is C27H29Cl2N3O6S. The molecule has 0 aliphatic rings. The Labute approximate surface area is 238 Å². The molecule has 1 N–H and O–H groups in total. The topological polar surface area (TPSA) is 105 Å². The Balaban J connectivity index is 2.11. The van der Waals surface area contributed by atoms with Crippen LogP contribution in [0.5, 0.6) is 11.5 Å². The van der Waals surface area contributed by atoms with Crippen molar-refractivity contribution in [3.8, 4) is 11.5 Å². The Hall–Kier alpha value is -3.47. The molecule has 2 amide bonds. The van der Waals surface area contributed by atoms with Crippen molar-refractivity contribution in [2.45, 2.75) is 24.4 Å². The van der Waals surface area contributed by atoms with Gasteiger partial charge in [0.1, 0.15) is 12.6 Å². The Bertz CT molecular complexity index is 1420. The van der Waals surface area contributed by atoms with Crippen LogP contribution in [0.25, 0.3) is 0 Å². The number of carbonyl (C=O) groups is 2. The molecule has 0 aromatic heterocycles. The van der Waals surface area contributed by atoms with Crippen LogP contribution in [0, 0.1) is 0 Å². The fourth-order valence-corrected chi connectivity index (χ4v) is 5.82. The average Bonchev–Trinajstić information content (AvgIpc) is 2.94. The zero-order valence-electron chi connectivity index (χ0n) is 21.9. The number of sulfonamides is 1. The summed E-state index contributed by atoms with van der Waals surface area (Å²) in [5, 5.41) is 3.13. The number of halogens is 2. The van der Waals surface area contributed by atoms with E-state index in [-0.39, 0.29) is 22.9 Å². The summed E-state index contributed by atoms with van der Waals surface area (Å²) in [6, 6.07) is 16.2. The maximum Gasteiger partial charge on any atom is 0.264 e. The third kappa shape index (κ3) is 6.76. The molecule has 0 saturated heterocycles. The Morgan fingerprint density at radius 1 is 0.923 bits per heavy atom. The monoisotopic (exact) mass is 593 g/mol. The van der Waals surface area contributed by atoms with Crippen molar-refractivity contribution in [3.05, 3.63) is 82.3 Å². The van der Waals surface area contributed by atoms with E-state index in [0.29, 0.717) is 21.4 Å². The first-order valence-electron chi connectivity index (χ1n) is 11.8. The molecule has 208 valence electrons. The van der Waals surface area contributed by atoms with E-state index < -0.39 is 34.4 Å². The van der Waals surface area contributed by atoms with Crippen LogP contribution in [0.1, 0.15) is 12.5 Å². The lowest BCUT2D eigenvalue weighted by Crippen LogP contribution is -2.50. The van der Waals surface area contributed by atoms with Crippen molar-refractivity contribution in [2.75, 3.05) is 32.1 Å². The van der Waals surface area contributed by atoms with Crippen molar-refractivity contribution in [2.24, 2.45) is 0 Å². The van der Waals surface area contributed by atoms with Crippen LogP contribution in [-0.2, 0) is 26.2 Å². The van der Waals surface area contributed by atoms with Gasteiger partial charge in [0, 0.05) is 35.3 Å². The third-order valence-electron chi connectivity index (χ3n) is 6.07. The number of carbonyl (C=O) groups excluding carboxylic acids is 2. The van der Waals surface area contributed by atoms with Crippen LogP contribution in [0.15, 0.2) is 71.6 Å². The van der Waals surface area contributed by atoms with E-state index in [2.05, 4.69) is 5.32 Å². The van der Waals surface area contributed by atoms with Crippen LogP contribution in [0.4, 0.5) is 5.69 Å². The van der Waals surface area contributed by atoms with Gasteiger partial charge in [0.15, 0.2) is 11.5 Å². The first-order chi connectivity index (χ1) is 18.5. The number of rotatable bonds is 11. The van der Waals surface area contributed by atoms with Crippen molar-refractivity contribution < 1.29 is 27.5 Å². The van der Waals surface area contributed by atoms with E-state index in [1.807, 2.05) is 0 Å². The highest BCUT2D eigenvalue weighted by Crippen LogP contribution is 2.34. The molecule has 0 unspecified atom stereocenters. The predicted octanol–water partition coefficient (Wildman–Crippen LogP) is 4.37. The van der Waals surface area contributed by atoms with E-state index in [4.69, 9.17) is 32.7 Å². The van der Waals surface area contributed by atoms with Gasteiger partial charge in [-0.1, -0.05) is 47.5 Å². The van der Waals surface area contributed by atoms with E-state index in [1.165, 1.54) is 57.4 Å². The van der Waals surface area contributed by atoms with Crippen LogP contribution >= 0.6 is 23.2 Å². The maximum absolute atomic E-state index is 13.9. The molecule has 3 aromatic carbocycles. The van der Waals surface area contributed by atoms with Gasteiger partial charge in [0.05, 0.1) is 24.8 Å². The highest BCUT2D eigenvalue weighted by molar-refractivity contribution is 7.92. The summed E-state index contributed by atoms with van der Waals surface area (Å²) in [6.07, 6.45) is 0. The maximum atomic E-state index is 13.9. The first kappa shape index (κ1) is 30.1. The average molecular weight is 595 g/mol. The van der Waals surface area contributed by atoms with E-state index in [9.17, 15) is 18.0 Å². The molecule has 0 saturated carbocycles. The number of nitrogens with one attached hydrogen (secondary N) is 1. The molecule has 0 heterocycles. The van der Waals surface area contributed by atoms with E-state index in [0.717, 1.165) is 4.31 Å². The quantitative estimate of drug-likeness (QED) is 0.354. The standard InChI is InChI=1S/C27H29Cl2N3O6S/c1-18(27(34)30-2)31(16-21-22(28)11-8-12-23(21)29)26(33)17-32(39(35,36)20-9-6-5-7-10-20)19-13-14-24(37-3)25(15-19)38-4/h5-15,18H,16-17H2,1-4H3,(H,30,34)/t18-/m1/s1. The van der Waals surface area contributed by atoms with E-state index in [1.54, 1.807) is 42.5 Å². The Morgan fingerprint density at radius 2 is 1.54 bits per heavy atom. The van der Waals surface area contributed by atoms with Gasteiger partial charge in [0.2, 0.25) is 11.8 Å². The summed E-state index contributed by atoms with van der Waals surface area (Å²) in [4.78, 5) is 27.7. The van der Waals surface area contributed by atoms with Crippen LogP contribution in [0.3, 0.4) is 0 Å². The summed E-state index contributed by atoms with van der Waals surface area (Å²) in [5.74, 6) is -0.450. The zero-order chi connectivity index (χ0) is 28.7. The molecule has 3 rings (SSSR count). The number of benzene rings is 3. The minimum atomic E-state index is -4.23. The first-order valence-corrected chi connectivity index (χ1v) is 14.0. The lowest BCUT2D eigenvalue weighted by molar-refractivity contribution is -0.139. The lowest BCUT2D eigenvalue weighted by atomic mass is 10.1. The van der Waals surface area contributed by atoms with Crippen molar-refractivity contribution in [1.29, 1.82) is 0 Å². The molecule has 3 aromatic rings. The van der Waals surface area contributed by atoms with Crippen LogP contribution in [-0.4, -0.2) is 59.0 Å². The largest absolute Gasteiger partial charge is 0.493 e. The molecule has 9 nitrogen and oxygen atoms in total. The van der Waals surface area contributed by atoms with Gasteiger partial charge in [-0.2, -0.15) is 0 Å². The minimum Gasteiger partial charge on any atom is -0.493 e. The molecule has 39 heavy (non-hydrogen) atoms. The van der Waals surface area contributed by atoms with Gasteiger partial charge in [0.25, 0.3) is 10.0 Å². The number of hydrogen-bond donors (Lipinski definition) is 1. The summed E-state index contributed by atoms with van der Waals surface area (Å²) in [5.41, 5.74) is 0.585. The zero-order valence-corrected chi connectivity index (χ0v) is 24.2. The number of anilines is 1. The van der Waals surface area contributed by atoms with Crippen molar-refractivity contribution >= 4 is 50.7 Å². The number of hydrogen-bond acceptors (Lipinski definition) is 6. The summed E-state index contributed by atoms with van der Waals surface area (Å²) in [7, 11) is 0.0884. The molecule has 12 heteroatoms. The van der Waals surface area contributed by atoms with Gasteiger partial charge in [-0.05, 0) is 43.3 Å². The Morgan fingerprint density at radius 3 is 2.10 bits per heavy atom. The molecular weight excluding hydrogens is 565 g/mol. The predicted molar refractivity (Wildman–Crippen MR) is 151 cm³/mol. The second-order valence-electron chi connectivity index (χ2n) is 8.38. The number of likely N-dealkylation sites (N-methyl/N-ethyl adjacent to an activating group) is 1.